The van der Waals surface area contributed by atoms with Gasteiger partial charge in [0.15, 0.2) is 6.04 Å². The van der Waals surface area contributed by atoms with Crippen LogP contribution in [-0.4, -0.2) is 11.9 Å². The molecule has 4 heteroatoms. The van der Waals surface area contributed by atoms with Crippen LogP contribution in [0.4, 0.5) is 4.79 Å². The third-order valence-corrected chi connectivity index (χ3v) is 1.71. The van der Waals surface area contributed by atoms with E-state index < -0.39 is 0 Å². The molecule has 0 spiro atoms. The van der Waals surface area contributed by atoms with Crippen LogP contribution in [0.5, 0.6) is 0 Å². The largest absolute Gasteiger partial charge is 0.322 e. The predicted octanol–water partition coefficient (Wildman–Crippen LogP) is -0.232. The number of hydrogen-bond donors (Lipinski definition) is 2. The summed E-state index contributed by atoms with van der Waals surface area (Å²) in [6, 6.07) is 0.178. The summed E-state index contributed by atoms with van der Waals surface area (Å²) >= 11 is 0. The van der Waals surface area contributed by atoms with Crippen LogP contribution in [0.3, 0.4) is 0 Å². The Labute approximate surface area is 58.0 Å². The molecule has 2 rings (SSSR count). The van der Waals surface area contributed by atoms with Gasteiger partial charge >= 0.3 is 6.03 Å². The van der Waals surface area contributed by atoms with E-state index in [1.165, 1.54) is 0 Å². The second-order valence-electron chi connectivity index (χ2n) is 2.60. The van der Waals surface area contributed by atoms with Gasteiger partial charge in [-0.2, -0.15) is 0 Å². The van der Waals surface area contributed by atoms with Crippen LogP contribution in [0.15, 0.2) is 0 Å². The second-order valence-corrected chi connectivity index (χ2v) is 2.60. The fraction of sp³-hybridized carbons (Fsp3) is 0.500. The van der Waals surface area contributed by atoms with Gasteiger partial charge in [-0.25, -0.2) is 4.79 Å². The molecule has 2 aliphatic rings. The van der Waals surface area contributed by atoms with Crippen molar-refractivity contribution in [2.24, 2.45) is 5.92 Å². The van der Waals surface area contributed by atoms with Gasteiger partial charge in [-0.05, 0) is 18.8 Å². The Balaban J connectivity index is 2.08. The van der Waals surface area contributed by atoms with Crippen LogP contribution in [0.1, 0.15) is 12.8 Å². The molecule has 0 aromatic carbocycles. The molecule has 4 nitrogen and oxygen atoms in total. The van der Waals surface area contributed by atoms with Gasteiger partial charge in [-0.1, -0.05) is 0 Å². The van der Waals surface area contributed by atoms with Crippen LogP contribution in [-0.2, 0) is 4.79 Å². The molecule has 10 heavy (non-hydrogen) atoms. The Bertz CT molecular complexity index is 198. The van der Waals surface area contributed by atoms with Gasteiger partial charge in [-0.15, -0.1) is 0 Å². The van der Waals surface area contributed by atoms with Crippen molar-refractivity contribution in [3.63, 3.8) is 0 Å². The third-order valence-electron chi connectivity index (χ3n) is 1.71. The van der Waals surface area contributed by atoms with Crippen molar-refractivity contribution in [1.29, 1.82) is 0 Å². The number of carbonyl (C=O) groups is 2. The number of urea groups is 1. The lowest BCUT2D eigenvalue weighted by atomic mass is 10.2. The monoisotopic (exact) mass is 139 g/mol. The first-order chi connectivity index (χ1) is 4.77. The van der Waals surface area contributed by atoms with Crippen molar-refractivity contribution in [1.82, 2.24) is 10.6 Å². The van der Waals surface area contributed by atoms with Crippen molar-refractivity contribution in [3.05, 3.63) is 6.04 Å². The first-order valence-corrected chi connectivity index (χ1v) is 3.26. The highest BCUT2D eigenvalue weighted by molar-refractivity contribution is 6.09. The maximum atomic E-state index is 10.8. The highest BCUT2D eigenvalue weighted by Gasteiger charge is 2.42. The second kappa shape index (κ2) is 1.71. The molecule has 1 saturated carbocycles. The van der Waals surface area contributed by atoms with Crippen molar-refractivity contribution in [3.8, 4) is 0 Å². The average molecular weight is 139 g/mol. The van der Waals surface area contributed by atoms with E-state index >= 15 is 0 Å². The van der Waals surface area contributed by atoms with Gasteiger partial charge in [0.25, 0.3) is 5.91 Å². The minimum Gasteiger partial charge on any atom is -0.320 e. The summed E-state index contributed by atoms with van der Waals surface area (Å²) in [5.74, 6) is 0.0824. The molecule has 53 valence electrons. The molecule has 1 saturated heterocycles. The number of amides is 3. The Hall–Kier alpha value is -1.06. The summed E-state index contributed by atoms with van der Waals surface area (Å²) in [5.41, 5.74) is 0. The molecule has 1 aliphatic carbocycles. The molecule has 0 aromatic heterocycles. The standard InChI is InChI=1S/C6H7N2O2/c9-5-4(3-1-2-3)7-6(10)8-5/h3H,1-2H2,(H2,7,8,9,10). The molecule has 3 amide bonds. The summed E-state index contributed by atoms with van der Waals surface area (Å²) in [6.07, 6.45) is 2.06. The Kier molecular flexibility index (Phi) is 0.977. The van der Waals surface area contributed by atoms with Crippen molar-refractivity contribution >= 4 is 11.9 Å². The molecule has 0 atom stereocenters. The predicted molar refractivity (Wildman–Crippen MR) is 32.6 cm³/mol. The molecule has 0 unspecified atom stereocenters. The van der Waals surface area contributed by atoms with Crippen molar-refractivity contribution in [2.45, 2.75) is 12.8 Å². The quantitative estimate of drug-likeness (QED) is 0.493. The van der Waals surface area contributed by atoms with Crippen LogP contribution >= 0.6 is 0 Å². The van der Waals surface area contributed by atoms with Gasteiger partial charge in [-0.3, -0.25) is 10.1 Å². The number of carbonyl (C=O) groups excluding carboxylic acids is 2. The van der Waals surface area contributed by atoms with E-state index in [2.05, 4.69) is 10.6 Å². The fourth-order valence-electron chi connectivity index (χ4n) is 1.04. The van der Waals surface area contributed by atoms with Gasteiger partial charge in [0.1, 0.15) is 0 Å². The van der Waals surface area contributed by atoms with E-state index in [0.29, 0.717) is 12.0 Å². The molecule has 0 bridgehead atoms. The fourth-order valence-corrected chi connectivity index (χ4v) is 1.04. The van der Waals surface area contributed by atoms with Crippen LogP contribution < -0.4 is 10.6 Å². The molecular formula is C6H7N2O2. The Morgan fingerprint density at radius 2 is 1.90 bits per heavy atom. The zero-order valence-corrected chi connectivity index (χ0v) is 5.31. The highest BCUT2D eigenvalue weighted by atomic mass is 16.2. The maximum Gasteiger partial charge on any atom is 0.322 e. The number of rotatable bonds is 1. The van der Waals surface area contributed by atoms with Crippen LogP contribution in [0.2, 0.25) is 0 Å². The third kappa shape index (κ3) is 0.761. The van der Waals surface area contributed by atoms with Crippen molar-refractivity contribution in [2.75, 3.05) is 0 Å². The topological polar surface area (TPSA) is 58.2 Å². The molecule has 0 aromatic rings. The minimum absolute atomic E-state index is 0.243. The summed E-state index contributed by atoms with van der Waals surface area (Å²) in [4.78, 5) is 21.4. The lowest BCUT2D eigenvalue weighted by Gasteiger charge is -1.99. The van der Waals surface area contributed by atoms with E-state index in [1.54, 1.807) is 0 Å². The molecular weight excluding hydrogens is 132 g/mol. The van der Waals surface area contributed by atoms with Crippen molar-refractivity contribution < 1.29 is 9.59 Å². The minimum atomic E-state index is -0.383. The Morgan fingerprint density at radius 3 is 2.30 bits per heavy atom. The first-order valence-electron chi connectivity index (χ1n) is 3.26. The maximum absolute atomic E-state index is 10.8. The van der Waals surface area contributed by atoms with Gasteiger partial charge in [0.2, 0.25) is 0 Å². The lowest BCUT2D eigenvalue weighted by molar-refractivity contribution is -0.117. The number of imide groups is 1. The van der Waals surface area contributed by atoms with E-state index in [9.17, 15) is 9.59 Å². The molecule has 2 N–H and O–H groups in total. The molecule has 1 heterocycles. The Morgan fingerprint density at radius 1 is 1.20 bits per heavy atom. The van der Waals surface area contributed by atoms with E-state index in [-0.39, 0.29) is 11.9 Å². The van der Waals surface area contributed by atoms with Crippen LogP contribution in [0, 0.1) is 12.0 Å². The smallest absolute Gasteiger partial charge is 0.320 e. The molecule has 2 fully saturated rings. The SMILES string of the molecule is O=C1N[C](C2CC2)C(=O)N1. The lowest BCUT2D eigenvalue weighted by Crippen LogP contribution is -2.22. The van der Waals surface area contributed by atoms with Crippen LogP contribution in [0.25, 0.3) is 0 Å². The zero-order valence-electron chi connectivity index (χ0n) is 5.31. The summed E-state index contributed by atoms with van der Waals surface area (Å²) in [5, 5.41) is 4.64. The zero-order chi connectivity index (χ0) is 7.14. The summed E-state index contributed by atoms with van der Waals surface area (Å²) < 4.78 is 0. The average Bonchev–Trinajstić information content (AvgIpc) is 2.61. The highest BCUT2D eigenvalue weighted by Crippen LogP contribution is 2.37. The molecule has 1 aliphatic heterocycles. The number of nitrogens with one attached hydrogen (secondary N) is 2. The van der Waals surface area contributed by atoms with E-state index in [0.717, 1.165) is 12.8 Å². The molecule has 1 radical (unpaired) electrons. The van der Waals surface area contributed by atoms with Gasteiger partial charge < -0.3 is 5.32 Å². The van der Waals surface area contributed by atoms with Gasteiger partial charge in [0, 0.05) is 0 Å². The normalized spacial score (nSPS) is 26.4. The van der Waals surface area contributed by atoms with E-state index in [1.807, 2.05) is 0 Å². The summed E-state index contributed by atoms with van der Waals surface area (Å²) in [6.45, 7) is 0. The first kappa shape index (κ1) is 5.70. The van der Waals surface area contributed by atoms with Gasteiger partial charge in [0.05, 0.1) is 0 Å². The van der Waals surface area contributed by atoms with E-state index in [4.69, 9.17) is 0 Å². The number of hydrogen-bond acceptors (Lipinski definition) is 2. The summed E-state index contributed by atoms with van der Waals surface area (Å²) in [7, 11) is 0.